The summed E-state index contributed by atoms with van der Waals surface area (Å²) in [6.45, 7) is 1.94. The third-order valence-electron chi connectivity index (χ3n) is 2.65. The summed E-state index contributed by atoms with van der Waals surface area (Å²) in [6, 6.07) is 0. The summed E-state index contributed by atoms with van der Waals surface area (Å²) in [5.41, 5.74) is 0. The number of esters is 1. The van der Waals surface area contributed by atoms with Crippen molar-refractivity contribution in [1.82, 2.24) is 0 Å². The molecule has 0 unspecified atom stereocenters. The summed E-state index contributed by atoms with van der Waals surface area (Å²) >= 11 is 0. The fourth-order valence-corrected chi connectivity index (χ4v) is 1.82. The standard InChI is InChI=1S/C12H18O3/c1-2-15-12(14)11(13)9-8-10-6-4-3-5-7-10/h8-10H,2-7H2,1H3/b9-8+. The maximum absolute atomic E-state index is 11.2. The van der Waals surface area contributed by atoms with Crippen molar-refractivity contribution in [2.75, 3.05) is 6.61 Å². The molecule has 0 radical (unpaired) electrons. The molecule has 0 N–H and O–H groups in total. The van der Waals surface area contributed by atoms with E-state index in [4.69, 9.17) is 0 Å². The highest BCUT2D eigenvalue weighted by Gasteiger charge is 2.13. The van der Waals surface area contributed by atoms with E-state index in [1.54, 1.807) is 6.92 Å². The van der Waals surface area contributed by atoms with Gasteiger partial charge in [0.1, 0.15) is 0 Å². The molecule has 0 aromatic rings. The van der Waals surface area contributed by atoms with Crippen molar-refractivity contribution >= 4 is 11.8 Å². The van der Waals surface area contributed by atoms with Crippen LogP contribution in [0.25, 0.3) is 0 Å². The Labute approximate surface area is 90.5 Å². The third-order valence-corrected chi connectivity index (χ3v) is 2.65. The van der Waals surface area contributed by atoms with E-state index in [1.165, 1.54) is 25.3 Å². The van der Waals surface area contributed by atoms with Crippen LogP contribution in [0.15, 0.2) is 12.2 Å². The lowest BCUT2D eigenvalue weighted by molar-refractivity contribution is -0.151. The molecule has 0 saturated heterocycles. The van der Waals surface area contributed by atoms with Crippen LogP contribution in [0.3, 0.4) is 0 Å². The van der Waals surface area contributed by atoms with Crippen molar-refractivity contribution < 1.29 is 14.3 Å². The number of hydrogen-bond donors (Lipinski definition) is 0. The lowest BCUT2D eigenvalue weighted by atomic mass is 9.89. The number of hydrogen-bond acceptors (Lipinski definition) is 3. The van der Waals surface area contributed by atoms with Gasteiger partial charge in [0.05, 0.1) is 6.61 Å². The Kier molecular flexibility index (Phi) is 5.08. The average molecular weight is 210 g/mol. The van der Waals surface area contributed by atoms with Crippen LogP contribution in [0.2, 0.25) is 0 Å². The second-order valence-electron chi connectivity index (χ2n) is 3.84. The number of ether oxygens (including phenoxy) is 1. The van der Waals surface area contributed by atoms with E-state index in [0.717, 1.165) is 12.8 Å². The predicted octanol–water partition coefficient (Wildman–Crippen LogP) is 2.26. The summed E-state index contributed by atoms with van der Waals surface area (Å²) < 4.78 is 4.60. The molecule has 0 aromatic heterocycles. The molecule has 1 rings (SSSR count). The topological polar surface area (TPSA) is 43.4 Å². The Bertz CT molecular complexity index is 250. The van der Waals surface area contributed by atoms with Gasteiger partial charge in [-0.3, -0.25) is 4.79 Å². The van der Waals surface area contributed by atoms with E-state index in [-0.39, 0.29) is 6.61 Å². The Morgan fingerprint density at radius 1 is 1.27 bits per heavy atom. The van der Waals surface area contributed by atoms with E-state index < -0.39 is 11.8 Å². The summed E-state index contributed by atoms with van der Waals surface area (Å²) in [4.78, 5) is 22.2. The minimum absolute atomic E-state index is 0.252. The molecule has 0 bridgehead atoms. The van der Waals surface area contributed by atoms with Crippen molar-refractivity contribution in [2.24, 2.45) is 5.92 Å². The van der Waals surface area contributed by atoms with Gasteiger partial charge in [-0.15, -0.1) is 0 Å². The van der Waals surface area contributed by atoms with Gasteiger partial charge in [-0.1, -0.05) is 25.3 Å². The molecule has 0 amide bonds. The molecule has 84 valence electrons. The van der Waals surface area contributed by atoms with Crippen LogP contribution < -0.4 is 0 Å². The number of carbonyl (C=O) groups is 2. The van der Waals surface area contributed by atoms with Gasteiger partial charge in [0.2, 0.25) is 0 Å². The normalized spacial score (nSPS) is 17.9. The number of ketones is 1. The zero-order valence-corrected chi connectivity index (χ0v) is 9.20. The van der Waals surface area contributed by atoms with Crippen LogP contribution >= 0.6 is 0 Å². The smallest absolute Gasteiger partial charge is 0.378 e. The molecular formula is C12H18O3. The number of rotatable bonds is 4. The van der Waals surface area contributed by atoms with Crippen molar-refractivity contribution in [3.05, 3.63) is 12.2 Å². The fraction of sp³-hybridized carbons (Fsp3) is 0.667. The molecule has 1 aliphatic rings. The predicted molar refractivity (Wildman–Crippen MR) is 57.4 cm³/mol. The van der Waals surface area contributed by atoms with Crippen LogP contribution in [0.5, 0.6) is 0 Å². The monoisotopic (exact) mass is 210 g/mol. The van der Waals surface area contributed by atoms with E-state index in [0.29, 0.717) is 5.92 Å². The van der Waals surface area contributed by atoms with E-state index in [2.05, 4.69) is 4.74 Å². The summed E-state index contributed by atoms with van der Waals surface area (Å²) in [7, 11) is 0. The van der Waals surface area contributed by atoms with Gasteiger partial charge in [0, 0.05) is 0 Å². The molecule has 0 spiro atoms. The van der Waals surface area contributed by atoms with E-state index in [9.17, 15) is 9.59 Å². The maximum atomic E-state index is 11.2. The maximum Gasteiger partial charge on any atom is 0.378 e. The molecule has 3 nitrogen and oxygen atoms in total. The van der Waals surface area contributed by atoms with E-state index >= 15 is 0 Å². The van der Waals surface area contributed by atoms with Gasteiger partial charge >= 0.3 is 5.97 Å². The van der Waals surface area contributed by atoms with Crippen molar-refractivity contribution in [1.29, 1.82) is 0 Å². The molecule has 15 heavy (non-hydrogen) atoms. The second-order valence-corrected chi connectivity index (χ2v) is 3.84. The molecule has 3 heteroatoms. The SMILES string of the molecule is CCOC(=O)C(=O)/C=C/C1CCCCC1. The largest absolute Gasteiger partial charge is 0.460 e. The zero-order chi connectivity index (χ0) is 11.1. The first kappa shape index (κ1) is 12.0. The van der Waals surface area contributed by atoms with Gasteiger partial charge in [0.25, 0.3) is 5.78 Å². The van der Waals surface area contributed by atoms with Crippen LogP contribution in [-0.4, -0.2) is 18.4 Å². The first-order valence-electron chi connectivity index (χ1n) is 5.63. The highest BCUT2D eigenvalue weighted by Crippen LogP contribution is 2.24. The lowest BCUT2D eigenvalue weighted by Gasteiger charge is -2.17. The van der Waals surface area contributed by atoms with Gasteiger partial charge in [-0.2, -0.15) is 0 Å². The number of allylic oxidation sites excluding steroid dienone is 1. The third kappa shape index (κ3) is 4.28. The van der Waals surface area contributed by atoms with Gasteiger partial charge in [-0.25, -0.2) is 4.79 Å². The summed E-state index contributed by atoms with van der Waals surface area (Å²) in [5.74, 6) is -0.816. The molecule has 1 aliphatic carbocycles. The van der Waals surface area contributed by atoms with Gasteiger partial charge in [0.15, 0.2) is 0 Å². The number of carbonyl (C=O) groups excluding carboxylic acids is 2. The van der Waals surface area contributed by atoms with Crippen molar-refractivity contribution in [2.45, 2.75) is 39.0 Å². The molecular weight excluding hydrogens is 192 g/mol. The Morgan fingerprint density at radius 3 is 2.53 bits per heavy atom. The van der Waals surface area contributed by atoms with E-state index in [1.807, 2.05) is 6.08 Å². The first-order chi connectivity index (χ1) is 7.24. The second kappa shape index (κ2) is 6.38. The minimum atomic E-state index is -0.746. The van der Waals surface area contributed by atoms with Crippen molar-refractivity contribution in [3.8, 4) is 0 Å². The van der Waals surface area contributed by atoms with Crippen LogP contribution in [-0.2, 0) is 14.3 Å². The zero-order valence-electron chi connectivity index (χ0n) is 9.20. The Hall–Kier alpha value is -1.12. The van der Waals surface area contributed by atoms with Crippen LogP contribution in [0.1, 0.15) is 39.0 Å². The quantitative estimate of drug-likeness (QED) is 0.406. The van der Waals surface area contributed by atoms with Gasteiger partial charge in [-0.05, 0) is 31.8 Å². The van der Waals surface area contributed by atoms with Crippen LogP contribution in [0, 0.1) is 5.92 Å². The average Bonchev–Trinajstić information content (AvgIpc) is 2.27. The molecule has 0 aliphatic heterocycles. The summed E-state index contributed by atoms with van der Waals surface area (Å²) in [5, 5.41) is 0. The molecule has 0 heterocycles. The summed E-state index contributed by atoms with van der Waals surface area (Å²) in [6.07, 6.45) is 9.23. The minimum Gasteiger partial charge on any atom is -0.460 e. The molecule has 0 atom stereocenters. The highest BCUT2D eigenvalue weighted by atomic mass is 16.5. The molecule has 0 aromatic carbocycles. The van der Waals surface area contributed by atoms with Crippen LogP contribution in [0.4, 0.5) is 0 Å². The highest BCUT2D eigenvalue weighted by molar-refractivity contribution is 6.38. The molecule has 1 fully saturated rings. The molecule has 1 saturated carbocycles. The van der Waals surface area contributed by atoms with Gasteiger partial charge < -0.3 is 4.74 Å². The Balaban J connectivity index is 2.35. The van der Waals surface area contributed by atoms with Crippen molar-refractivity contribution in [3.63, 3.8) is 0 Å². The first-order valence-corrected chi connectivity index (χ1v) is 5.63. The lowest BCUT2D eigenvalue weighted by Crippen LogP contribution is -2.15. The Morgan fingerprint density at radius 2 is 1.93 bits per heavy atom. The fourth-order valence-electron chi connectivity index (χ4n) is 1.82.